The number of hydrogen-bond donors (Lipinski definition) is 2. The van der Waals surface area contributed by atoms with Crippen LogP contribution >= 0.6 is 12.4 Å². The number of benzene rings is 1. The van der Waals surface area contributed by atoms with E-state index in [1.807, 2.05) is 18.2 Å². The number of anilines is 1. The van der Waals surface area contributed by atoms with Crippen LogP contribution < -0.4 is 11.1 Å². The van der Waals surface area contributed by atoms with Gasteiger partial charge in [0.05, 0.1) is 6.04 Å². The van der Waals surface area contributed by atoms with Gasteiger partial charge in [0.15, 0.2) is 0 Å². The fraction of sp³-hybridized carbons (Fsp3) is 0.462. The van der Waals surface area contributed by atoms with E-state index in [0.717, 1.165) is 24.9 Å². The van der Waals surface area contributed by atoms with E-state index in [0.29, 0.717) is 0 Å². The standard InChI is InChI=1S/C13H18N2O2.ClH/c1-17-8-13(16)15-12-4-2-3-9-7-10(14)5-6-11(9)12;/h5-7,12H,2-4,8,14H2,1H3,(H,15,16);1H. The van der Waals surface area contributed by atoms with Gasteiger partial charge in [-0.15, -0.1) is 12.4 Å². The maximum atomic E-state index is 11.5. The van der Waals surface area contributed by atoms with E-state index < -0.39 is 0 Å². The highest BCUT2D eigenvalue weighted by molar-refractivity contribution is 5.85. The van der Waals surface area contributed by atoms with Crippen LogP contribution in [0.1, 0.15) is 30.0 Å². The highest BCUT2D eigenvalue weighted by atomic mass is 35.5. The minimum Gasteiger partial charge on any atom is -0.399 e. The van der Waals surface area contributed by atoms with Crippen LogP contribution in [0.5, 0.6) is 0 Å². The van der Waals surface area contributed by atoms with Gasteiger partial charge in [-0.25, -0.2) is 0 Å². The fourth-order valence-corrected chi connectivity index (χ4v) is 2.35. The number of rotatable bonds is 3. The number of methoxy groups -OCH3 is 1. The molecular formula is C13H19ClN2O2. The number of hydrogen-bond acceptors (Lipinski definition) is 3. The zero-order valence-corrected chi connectivity index (χ0v) is 11.3. The predicted molar refractivity (Wildman–Crippen MR) is 73.8 cm³/mol. The monoisotopic (exact) mass is 270 g/mol. The van der Waals surface area contributed by atoms with Gasteiger partial charge in [-0.05, 0) is 42.5 Å². The Morgan fingerprint density at radius 3 is 3.06 bits per heavy atom. The van der Waals surface area contributed by atoms with Gasteiger partial charge in [0.2, 0.25) is 5.91 Å². The number of carbonyl (C=O) groups excluding carboxylic acids is 1. The summed E-state index contributed by atoms with van der Waals surface area (Å²) in [5.41, 5.74) is 8.99. The van der Waals surface area contributed by atoms with E-state index in [-0.39, 0.29) is 31.0 Å². The van der Waals surface area contributed by atoms with Crippen molar-refractivity contribution in [1.82, 2.24) is 5.32 Å². The number of nitrogens with two attached hydrogens (primary N) is 1. The van der Waals surface area contributed by atoms with Gasteiger partial charge in [0, 0.05) is 12.8 Å². The SMILES string of the molecule is COCC(=O)NC1CCCc2cc(N)ccc21.Cl. The van der Waals surface area contributed by atoms with Crippen molar-refractivity contribution >= 4 is 24.0 Å². The molecule has 18 heavy (non-hydrogen) atoms. The van der Waals surface area contributed by atoms with Crippen LogP contribution in [-0.4, -0.2) is 19.6 Å². The van der Waals surface area contributed by atoms with E-state index in [1.54, 1.807) is 0 Å². The first kappa shape index (κ1) is 14.8. The van der Waals surface area contributed by atoms with Crippen molar-refractivity contribution in [3.8, 4) is 0 Å². The number of ether oxygens (including phenoxy) is 1. The van der Waals surface area contributed by atoms with E-state index in [2.05, 4.69) is 5.32 Å². The molecule has 1 aromatic rings. The molecule has 1 aromatic carbocycles. The lowest BCUT2D eigenvalue weighted by atomic mass is 9.87. The van der Waals surface area contributed by atoms with Crippen molar-refractivity contribution in [3.05, 3.63) is 29.3 Å². The lowest BCUT2D eigenvalue weighted by Crippen LogP contribution is -2.33. The summed E-state index contributed by atoms with van der Waals surface area (Å²) in [7, 11) is 1.52. The summed E-state index contributed by atoms with van der Waals surface area (Å²) in [6, 6.07) is 6.01. The minimum atomic E-state index is -0.0674. The smallest absolute Gasteiger partial charge is 0.246 e. The highest BCUT2D eigenvalue weighted by Gasteiger charge is 2.21. The predicted octanol–water partition coefficient (Wildman–Crippen LogP) is 1.83. The van der Waals surface area contributed by atoms with Gasteiger partial charge < -0.3 is 15.8 Å². The van der Waals surface area contributed by atoms with Crippen molar-refractivity contribution in [3.63, 3.8) is 0 Å². The first-order valence-corrected chi connectivity index (χ1v) is 5.87. The van der Waals surface area contributed by atoms with Gasteiger partial charge in [-0.1, -0.05) is 6.07 Å². The molecule has 0 saturated carbocycles. The molecule has 0 fully saturated rings. The van der Waals surface area contributed by atoms with E-state index >= 15 is 0 Å². The average molecular weight is 271 g/mol. The topological polar surface area (TPSA) is 64.3 Å². The van der Waals surface area contributed by atoms with Crippen LogP contribution in [0, 0.1) is 0 Å². The Balaban J connectivity index is 0.00000162. The number of amides is 1. The third-order valence-electron chi connectivity index (χ3n) is 3.09. The molecule has 5 heteroatoms. The Labute approximate surface area is 113 Å². The second-order valence-corrected chi connectivity index (χ2v) is 4.40. The molecule has 0 saturated heterocycles. The fourth-order valence-electron chi connectivity index (χ4n) is 2.35. The summed E-state index contributed by atoms with van der Waals surface area (Å²) in [6.45, 7) is 0.112. The molecule has 0 radical (unpaired) electrons. The zero-order valence-electron chi connectivity index (χ0n) is 10.4. The molecule has 2 rings (SSSR count). The Hall–Kier alpha value is -1.26. The molecule has 1 aliphatic rings. The molecule has 1 aliphatic carbocycles. The summed E-state index contributed by atoms with van der Waals surface area (Å²) in [5.74, 6) is -0.0674. The molecular weight excluding hydrogens is 252 g/mol. The second-order valence-electron chi connectivity index (χ2n) is 4.40. The molecule has 4 nitrogen and oxygen atoms in total. The second kappa shape index (κ2) is 6.61. The zero-order chi connectivity index (χ0) is 12.3. The minimum absolute atomic E-state index is 0. The number of nitrogen functional groups attached to an aromatic ring is 1. The lowest BCUT2D eigenvalue weighted by molar-refractivity contribution is -0.125. The highest BCUT2D eigenvalue weighted by Crippen LogP contribution is 2.30. The average Bonchev–Trinajstić information content (AvgIpc) is 2.29. The molecule has 0 aromatic heterocycles. The van der Waals surface area contributed by atoms with Crippen LogP contribution in [0.3, 0.4) is 0 Å². The number of fused-ring (bicyclic) bond motifs is 1. The van der Waals surface area contributed by atoms with Crippen molar-refractivity contribution in [2.75, 3.05) is 19.5 Å². The summed E-state index contributed by atoms with van der Waals surface area (Å²) in [6.07, 6.45) is 3.10. The molecule has 1 unspecified atom stereocenters. The van der Waals surface area contributed by atoms with Gasteiger partial charge in [0.25, 0.3) is 0 Å². The third kappa shape index (κ3) is 3.37. The molecule has 0 bridgehead atoms. The van der Waals surface area contributed by atoms with Crippen LogP contribution in [-0.2, 0) is 16.0 Å². The lowest BCUT2D eigenvalue weighted by Gasteiger charge is -2.26. The van der Waals surface area contributed by atoms with Crippen molar-refractivity contribution < 1.29 is 9.53 Å². The quantitative estimate of drug-likeness (QED) is 0.824. The molecule has 100 valence electrons. The maximum absolute atomic E-state index is 11.5. The summed E-state index contributed by atoms with van der Waals surface area (Å²) >= 11 is 0. The Kier molecular flexibility index (Phi) is 5.44. The van der Waals surface area contributed by atoms with Crippen LogP contribution in [0.25, 0.3) is 0 Å². The van der Waals surface area contributed by atoms with Gasteiger partial charge in [-0.2, -0.15) is 0 Å². The van der Waals surface area contributed by atoms with E-state index in [1.165, 1.54) is 18.2 Å². The molecule has 0 heterocycles. The number of aryl methyl sites for hydroxylation is 1. The Morgan fingerprint density at radius 1 is 1.56 bits per heavy atom. The van der Waals surface area contributed by atoms with Crippen LogP contribution in [0.15, 0.2) is 18.2 Å². The first-order valence-electron chi connectivity index (χ1n) is 5.87. The van der Waals surface area contributed by atoms with Crippen molar-refractivity contribution in [2.45, 2.75) is 25.3 Å². The van der Waals surface area contributed by atoms with Gasteiger partial charge >= 0.3 is 0 Å². The third-order valence-corrected chi connectivity index (χ3v) is 3.09. The van der Waals surface area contributed by atoms with Crippen molar-refractivity contribution in [2.24, 2.45) is 0 Å². The molecule has 1 atom stereocenters. The van der Waals surface area contributed by atoms with E-state index in [4.69, 9.17) is 10.5 Å². The largest absolute Gasteiger partial charge is 0.399 e. The molecule has 3 N–H and O–H groups in total. The Bertz CT molecular complexity index is 423. The molecule has 0 aliphatic heterocycles. The van der Waals surface area contributed by atoms with Crippen LogP contribution in [0.2, 0.25) is 0 Å². The summed E-state index contributed by atoms with van der Waals surface area (Å²) < 4.78 is 4.82. The molecule has 1 amide bonds. The van der Waals surface area contributed by atoms with Gasteiger partial charge in [0.1, 0.15) is 6.61 Å². The summed E-state index contributed by atoms with van der Waals surface area (Å²) in [5, 5.41) is 2.99. The van der Waals surface area contributed by atoms with Crippen LogP contribution in [0.4, 0.5) is 5.69 Å². The van der Waals surface area contributed by atoms with E-state index in [9.17, 15) is 4.79 Å². The molecule has 0 spiro atoms. The first-order chi connectivity index (χ1) is 8.20. The maximum Gasteiger partial charge on any atom is 0.246 e. The number of halogens is 1. The van der Waals surface area contributed by atoms with Crippen molar-refractivity contribution in [1.29, 1.82) is 0 Å². The van der Waals surface area contributed by atoms with Gasteiger partial charge in [-0.3, -0.25) is 4.79 Å². The summed E-state index contributed by atoms with van der Waals surface area (Å²) in [4.78, 5) is 11.5. The number of nitrogens with one attached hydrogen (secondary N) is 1. The normalized spacial score (nSPS) is 17.5. The number of carbonyl (C=O) groups is 1. The Morgan fingerprint density at radius 2 is 2.33 bits per heavy atom.